The minimum absolute atomic E-state index is 0. The second-order valence-corrected chi connectivity index (χ2v) is 5.84. The van der Waals surface area contributed by atoms with Gasteiger partial charge in [0.2, 0.25) is 5.91 Å². The Labute approximate surface area is 133 Å². The van der Waals surface area contributed by atoms with Gasteiger partial charge in [0.05, 0.1) is 12.5 Å². The summed E-state index contributed by atoms with van der Waals surface area (Å²) in [6.45, 7) is 5.78. The van der Waals surface area contributed by atoms with Crippen LogP contribution in [0.15, 0.2) is 24.3 Å². The first-order valence-corrected chi connectivity index (χ1v) is 7.21. The largest absolute Gasteiger partial charge is 0.496 e. The second-order valence-electron chi connectivity index (χ2n) is 5.84. The van der Waals surface area contributed by atoms with E-state index in [1.165, 1.54) is 0 Å². The zero-order chi connectivity index (χ0) is 14.6. The number of carbonyl (C=O) groups is 1. The number of carbonyl (C=O) groups excluding carboxylic acids is 1. The van der Waals surface area contributed by atoms with E-state index < -0.39 is 5.41 Å². The topological polar surface area (TPSA) is 50.4 Å². The molecule has 0 aromatic heterocycles. The molecule has 1 aliphatic rings. The van der Waals surface area contributed by atoms with Gasteiger partial charge in [0, 0.05) is 18.2 Å². The third-order valence-electron chi connectivity index (χ3n) is 3.98. The Kier molecular flexibility index (Phi) is 6.49. The summed E-state index contributed by atoms with van der Waals surface area (Å²) >= 11 is 0. The van der Waals surface area contributed by atoms with Gasteiger partial charge in [-0.25, -0.2) is 0 Å². The van der Waals surface area contributed by atoms with Gasteiger partial charge in [0.15, 0.2) is 0 Å². The fourth-order valence-corrected chi connectivity index (χ4v) is 2.62. The molecule has 1 amide bonds. The Hall–Kier alpha value is -1.26. The van der Waals surface area contributed by atoms with Crippen molar-refractivity contribution in [2.45, 2.75) is 38.1 Å². The van der Waals surface area contributed by atoms with Gasteiger partial charge in [-0.3, -0.25) is 4.79 Å². The highest BCUT2D eigenvalue weighted by molar-refractivity contribution is 5.88. The Morgan fingerprint density at radius 1 is 1.38 bits per heavy atom. The number of ether oxygens (including phenoxy) is 1. The lowest BCUT2D eigenvalue weighted by atomic mass is 9.82. The fourth-order valence-electron chi connectivity index (χ4n) is 2.62. The van der Waals surface area contributed by atoms with Crippen LogP contribution < -0.4 is 15.4 Å². The van der Waals surface area contributed by atoms with E-state index >= 15 is 0 Å². The lowest BCUT2D eigenvalue weighted by Crippen LogP contribution is -2.50. The zero-order valence-electron chi connectivity index (χ0n) is 12.9. The molecule has 0 aliphatic carbocycles. The summed E-state index contributed by atoms with van der Waals surface area (Å²) in [6, 6.07) is 7.94. The highest BCUT2D eigenvalue weighted by Gasteiger charge is 2.33. The smallest absolute Gasteiger partial charge is 0.230 e. The van der Waals surface area contributed by atoms with Crippen LogP contribution in [0.4, 0.5) is 0 Å². The van der Waals surface area contributed by atoms with Crippen molar-refractivity contribution < 1.29 is 9.53 Å². The molecule has 0 radical (unpaired) electrons. The van der Waals surface area contributed by atoms with Crippen molar-refractivity contribution in [2.75, 3.05) is 20.2 Å². The summed E-state index contributed by atoms with van der Waals surface area (Å²) in [5.41, 5.74) is 0.313. The quantitative estimate of drug-likeness (QED) is 0.896. The van der Waals surface area contributed by atoms with Crippen LogP contribution in [0.2, 0.25) is 0 Å². The number of piperidine rings is 1. The first-order valence-electron chi connectivity index (χ1n) is 7.21. The van der Waals surface area contributed by atoms with Crippen molar-refractivity contribution in [3.8, 4) is 5.75 Å². The number of benzene rings is 1. The molecule has 5 heteroatoms. The van der Waals surface area contributed by atoms with E-state index in [4.69, 9.17) is 4.74 Å². The average Bonchev–Trinajstić information content (AvgIpc) is 2.48. The van der Waals surface area contributed by atoms with Gasteiger partial charge in [-0.15, -0.1) is 12.4 Å². The normalized spacial score (nSPS) is 18.5. The summed E-state index contributed by atoms with van der Waals surface area (Å²) in [4.78, 5) is 12.6. The van der Waals surface area contributed by atoms with E-state index in [-0.39, 0.29) is 24.4 Å². The van der Waals surface area contributed by atoms with Gasteiger partial charge in [-0.1, -0.05) is 18.2 Å². The van der Waals surface area contributed by atoms with Crippen LogP contribution in [0, 0.1) is 0 Å². The zero-order valence-corrected chi connectivity index (χ0v) is 13.8. The maximum atomic E-state index is 12.6. The molecule has 1 atom stereocenters. The van der Waals surface area contributed by atoms with E-state index in [9.17, 15) is 4.79 Å². The van der Waals surface area contributed by atoms with Crippen LogP contribution >= 0.6 is 12.4 Å². The van der Waals surface area contributed by atoms with Crippen LogP contribution in [-0.2, 0) is 10.2 Å². The summed E-state index contributed by atoms with van der Waals surface area (Å²) < 4.78 is 5.38. The first kappa shape index (κ1) is 17.8. The number of halogens is 1. The molecular formula is C16H25ClN2O2. The summed E-state index contributed by atoms with van der Waals surface area (Å²) in [5.74, 6) is 0.810. The summed E-state index contributed by atoms with van der Waals surface area (Å²) in [5, 5.41) is 6.47. The van der Waals surface area contributed by atoms with E-state index in [1.807, 2.05) is 38.1 Å². The van der Waals surface area contributed by atoms with Crippen LogP contribution in [0.3, 0.4) is 0 Å². The van der Waals surface area contributed by atoms with Gasteiger partial charge in [-0.05, 0) is 39.3 Å². The second kappa shape index (κ2) is 7.66. The summed E-state index contributed by atoms with van der Waals surface area (Å²) in [6.07, 6.45) is 2.15. The van der Waals surface area contributed by atoms with Gasteiger partial charge < -0.3 is 15.4 Å². The van der Waals surface area contributed by atoms with Gasteiger partial charge >= 0.3 is 0 Å². The molecule has 1 aromatic rings. The Morgan fingerprint density at radius 2 is 2.10 bits per heavy atom. The molecule has 1 aliphatic heterocycles. The standard InChI is InChI=1S/C16H24N2O2.ClH/c1-16(2,13-8-4-5-9-14(13)20-3)15(19)18-12-7-6-10-17-11-12;/h4-5,8-9,12,17H,6-7,10-11H2,1-3H3,(H,18,19);1H/t12-;/m0./s1. The number of rotatable bonds is 4. The molecule has 118 valence electrons. The van der Waals surface area contributed by atoms with E-state index in [2.05, 4.69) is 10.6 Å². The molecule has 1 fully saturated rings. The van der Waals surface area contributed by atoms with E-state index in [1.54, 1.807) is 7.11 Å². The fraction of sp³-hybridized carbons (Fsp3) is 0.562. The number of hydrogen-bond donors (Lipinski definition) is 2. The molecule has 4 nitrogen and oxygen atoms in total. The lowest BCUT2D eigenvalue weighted by molar-refractivity contribution is -0.126. The van der Waals surface area contributed by atoms with Crippen LogP contribution in [0.25, 0.3) is 0 Å². The van der Waals surface area contributed by atoms with Crippen molar-refractivity contribution in [3.63, 3.8) is 0 Å². The minimum Gasteiger partial charge on any atom is -0.496 e. The van der Waals surface area contributed by atoms with Crippen molar-refractivity contribution in [2.24, 2.45) is 0 Å². The number of para-hydroxylation sites is 1. The molecule has 1 saturated heterocycles. The molecule has 0 saturated carbocycles. The van der Waals surface area contributed by atoms with Crippen LogP contribution in [0.5, 0.6) is 5.75 Å². The van der Waals surface area contributed by atoms with Crippen LogP contribution in [-0.4, -0.2) is 32.1 Å². The van der Waals surface area contributed by atoms with Crippen molar-refractivity contribution in [1.82, 2.24) is 10.6 Å². The maximum absolute atomic E-state index is 12.6. The number of methoxy groups -OCH3 is 1. The third-order valence-corrected chi connectivity index (χ3v) is 3.98. The molecule has 2 rings (SSSR count). The SMILES string of the molecule is COc1ccccc1C(C)(C)C(=O)N[C@H]1CCCNC1.Cl. The Bertz CT molecular complexity index is 471. The molecule has 1 heterocycles. The van der Waals surface area contributed by atoms with Crippen molar-refractivity contribution >= 4 is 18.3 Å². The molecule has 2 N–H and O–H groups in total. The molecular weight excluding hydrogens is 288 g/mol. The lowest BCUT2D eigenvalue weighted by Gasteiger charge is -2.30. The molecule has 0 bridgehead atoms. The van der Waals surface area contributed by atoms with Crippen LogP contribution in [0.1, 0.15) is 32.3 Å². The number of nitrogens with one attached hydrogen (secondary N) is 2. The monoisotopic (exact) mass is 312 g/mol. The van der Waals surface area contributed by atoms with E-state index in [0.29, 0.717) is 0 Å². The number of hydrogen-bond acceptors (Lipinski definition) is 3. The van der Waals surface area contributed by atoms with Gasteiger partial charge in [-0.2, -0.15) is 0 Å². The average molecular weight is 313 g/mol. The predicted octanol–water partition coefficient (Wildman–Crippen LogP) is 2.26. The molecule has 1 aromatic carbocycles. The number of amides is 1. The first-order chi connectivity index (χ1) is 9.55. The Morgan fingerprint density at radius 3 is 2.71 bits per heavy atom. The van der Waals surface area contributed by atoms with Gasteiger partial charge in [0.1, 0.15) is 5.75 Å². The third kappa shape index (κ3) is 4.11. The van der Waals surface area contributed by atoms with Gasteiger partial charge in [0.25, 0.3) is 0 Å². The molecule has 0 spiro atoms. The summed E-state index contributed by atoms with van der Waals surface area (Å²) in [7, 11) is 1.64. The highest BCUT2D eigenvalue weighted by atomic mass is 35.5. The molecule has 21 heavy (non-hydrogen) atoms. The Balaban J connectivity index is 0.00000220. The van der Waals surface area contributed by atoms with Crippen molar-refractivity contribution in [1.29, 1.82) is 0 Å². The van der Waals surface area contributed by atoms with E-state index in [0.717, 1.165) is 37.2 Å². The minimum atomic E-state index is -0.607. The highest BCUT2D eigenvalue weighted by Crippen LogP contribution is 2.31. The molecule has 0 unspecified atom stereocenters. The maximum Gasteiger partial charge on any atom is 0.230 e. The van der Waals surface area contributed by atoms with Crippen molar-refractivity contribution in [3.05, 3.63) is 29.8 Å². The predicted molar refractivity (Wildman–Crippen MR) is 87.3 cm³/mol.